The monoisotopic (exact) mass is 369 g/mol. The zero-order valence-corrected chi connectivity index (χ0v) is 15.6. The van der Waals surface area contributed by atoms with E-state index in [0.717, 1.165) is 39.5 Å². The molecule has 0 fully saturated rings. The number of aromatic nitrogens is 2. The summed E-state index contributed by atoms with van der Waals surface area (Å²) in [5, 5.41) is 12.2. The maximum Gasteiger partial charge on any atom is 0.142 e. The number of nitrogens with two attached hydrogens (primary N) is 1. The quantitative estimate of drug-likeness (QED) is 0.355. The van der Waals surface area contributed by atoms with Crippen LogP contribution in [0.3, 0.4) is 0 Å². The van der Waals surface area contributed by atoms with E-state index in [-0.39, 0.29) is 0 Å². The Labute approximate surface area is 154 Å². The molecule has 1 aliphatic carbocycles. The number of nitrogen functional groups attached to an aromatic ring is 1. The number of fused-ring (bicyclic) bond motifs is 3. The summed E-state index contributed by atoms with van der Waals surface area (Å²) in [6.07, 6.45) is 9.65. The van der Waals surface area contributed by atoms with E-state index in [9.17, 15) is 0 Å². The van der Waals surface area contributed by atoms with Gasteiger partial charge in [-0.15, -0.1) is 23.1 Å². The van der Waals surface area contributed by atoms with Gasteiger partial charge in [0.1, 0.15) is 17.0 Å². The number of aryl methyl sites for hydroxylation is 2. The topological polar surface area (TPSA) is 87.7 Å². The fourth-order valence-corrected chi connectivity index (χ4v) is 5.12. The van der Waals surface area contributed by atoms with Crippen LogP contribution in [0.25, 0.3) is 10.2 Å². The van der Waals surface area contributed by atoms with Crippen LogP contribution in [0.15, 0.2) is 23.4 Å². The molecule has 7 heteroatoms. The predicted octanol–water partition coefficient (Wildman–Crippen LogP) is 4.62. The Morgan fingerprint density at radius 2 is 2.12 bits per heavy atom. The zero-order chi connectivity index (χ0) is 17.4. The second-order valence-electron chi connectivity index (χ2n) is 6.06. The van der Waals surface area contributed by atoms with Gasteiger partial charge in [0.2, 0.25) is 0 Å². The van der Waals surface area contributed by atoms with Crippen molar-refractivity contribution < 1.29 is 0 Å². The first kappa shape index (κ1) is 16.4. The van der Waals surface area contributed by atoms with Crippen LogP contribution in [-0.2, 0) is 12.8 Å². The molecule has 2 heterocycles. The third-order valence-electron chi connectivity index (χ3n) is 4.57. The molecule has 0 spiro atoms. The molecular formula is C18H19N5S2. The number of hydrogen-bond donors (Lipinski definition) is 3. The molecule has 0 bridgehead atoms. The van der Waals surface area contributed by atoms with Crippen molar-refractivity contribution in [3.05, 3.63) is 34.5 Å². The van der Waals surface area contributed by atoms with Gasteiger partial charge >= 0.3 is 0 Å². The molecular weight excluding hydrogens is 350 g/mol. The summed E-state index contributed by atoms with van der Waals surface area (Å²) in [6, 6.07) is 3.83. The summed E-state index contributed by atoms with van der Waals surface area (Å²) < 4.78 is 0. The van der Waals surface area contributed by atoms with Gasteiger partial charge in [0, 0.05) is 27.2 Å². The Hall–Kier alpha value is -2.12. The molecule has 1 aliphatic rings. The van der Waals surface area contributed by atoms with E-state index >= 15 is 0 Å². The van der Waals surface area contributed by atoms with Crippen LogP contribution in [0.2, 0.25) is 0 Å². The number of rotatable bonds is 4. The fraction of sp³-hybridized carbons (Fsp3) is 0.278. The van der Waals surface area contributed by atoms with Crippen LogP contribution in [0.5, 0.6) is 0 Å². The van der Waals surface area contributed by atoms with Crippen LogP contribution >= 0.6 is 23.1 Å². The first-order valence-electron chi connectivity index (χ1n) is 8.21. The van der Waals surface area contributed by atoms with Gasteiger partial charge < -0.3 is 16.5 Å². The number of nitrogens with one attached hydrogen (secondary N) is 2. The van der Waals surface area contributed by atoms with E-state index in [0.29, 0.717) is 11.3 Å². The molecule has 3 aromatic rings. The standard InChI is InChI=1S/C18H19N5S2/c1-24-15-7-12(20)10(8-19)6-13(15)23-17-16-11-4-2-3-5-14(11)25-18(16)22-9-21-17/h6-9,19H,2-5,20H2,1H3,(H,21,22,23). The molecule has 25 heavy (non-hydrogen) atoms. The highest BCUT2D eigenvalue weighted by atomic mass is 32.2. The Kier molecular flexibility index (Phi) is 4.35. The molecule has 5 nitrogen and oxygen atoms in total. The molecule has 4 N–H and O–H groups in total. The zero-order valence-electron chi connectivity index (χ0n) is 13.9. The molecule has 0 atom stereocenters. The Bertz CT molecular complexity index is 964. The van der Waals surface area contributed by atoms with E-state index in [1.165, 1.54) is 29.5 Å². The lowest BCUT2D eigenvalue weighted by atomic mass is 9.97. The molecule has 2 aromatic heterocycles. The minimum absolute atomic E-state index is 0.616. The van der Waals surface area contributed by atoms with Gasteiger partial charge in [-0.05, 0) is 49.6 Å². The second-order valence-corrected chi connectivity index (χ2v) is 8.00. The van der Waals surface area contributed by atoms with E-state index in [4.69, 9.17) is 11.1 Å². The number of anilines is 3. The summed E-state index contributed by atoms with van der Waals surface area (Å²) in [5.74, 6) is 0.848. The average Bonchev–Trinajstić information content (AvgIpc) is 3.02. The van der Waals surface area contributed by atoms with E-state index in [1.807, 2.05) is 18.4 Å². The third kappa shape index (κ3) is 2.87. The van der Waals surface area contributed by atoms with Crippen molar-refractivity contribution in [2.45, 2.75) is 30.6 Å². The van der Waals surface area contributed by atoms with Crippen molar-refractivity contribution in [2.75, 3.05) is 17.3 Å². The Morgan fingerprint density at radius 3 is 2.92 bits per heavy atom. The number of hydrogen-bond acceptors (Lipinski definition) is 7. The fourth-order valence-electron chi connectivity index (χ4n) is 3.32. The maximum atomic E-state index is 7.56. The molecule has 4 rings (SSSR count). The van der Waals surface area contributed by atoms with Crippen LogP contribution in [0.4, 0.5) is 17.2 Å². The lowest BCUT2D eigenvalue weighted by molar-refractivity contribution is 0.700. The van der Waals surface area contributed by atoms with Gasteiger partial charge in [0.15, 0.2) is 0 Å². The van der Waals surface area contributed by atoms with Crippen LogP contribution in [0, 0.1) is 5.41 Å². The Balaban J connectivity index is 1.84. The van der Waals surface area contributed by atoms with E-state index in [1.54, 1.807) is 29.4 Å². The summed E-state index contributed by atoms with van der Waals surface area (Å²) in [5.41, 5.74) is 9.67. The maximum absolute atomic E-state index is 7.56. The number of nitrogens with zero attached hydrogens (tertiary/aromatic N) is 2. The summed E-state index contributed by atoms with van der Waals surface area (Å²) in [7, 11) is 0. The molecule has 0 radical (unpaired) electrons. The highest BCUT2D eigenvalue weighted by molar-refractivity contribution is 7.98. The number of thiophene rings is 1. The van der Waals surface area contributed by atoms with Gasteiger partial charge in [-0.3, -0.25) is 0 Å². The van der Waals surface area contributed by atoms with Gasteiger partial charge in [-0.2, -0.15) is 0 Å². The Morgan fingerprint density at radius 1 is 1.28 bits per heavy atom. The van der Waals surface area contributed by atoms with Crippen molar-refractivity contribution in [3.63, 3.8) is 0 Å². The van der Waals surface area contributed by atoms with Crippen molar-refractivity contribution >= 4 is 56.7 Å². The first-order valence-corrected chi connectivity index (χ1v) is 10.3. The minimum atomic E-state index is 0.616. The summed E-state index contributed by atoms with van der Waals surface area (Å²) >= 11 is 3.42. The predicted molar refractivity (Wildman–Crippen MR) is 108 cm³/mol. The van der Waals surface area contributed by atoms with Gasteiger partial charge in [0.25, 0.3) is 0 Å². The van der Waals surface area contributed by atoms with Crippen molar-refractivity contribution in [1.29, 1.82) is 5.41 Å². The third-order valence-corrected chi connectivity index (χ3v) is 6.54. The first-order chi connectivity index (χ1) is 12.2. The molecule has 0 saturated carbocycles. The normalized spacial score (nSPS) is 13.6. The van der Waals surface area contributed by atoms with Crippen LogP contribution < -0.4 is 11.1 Å². The smallest absolute Gasteiger partial charge is 0.142 e. The highest BCUT2D eigenvalue weighted by Gasteiger charge is 2.20. The van der Waals surface area contributed by atoms with E-state index in [2.05, 4.69) is 15.3 Å². The van der Waals surface area contributed by atoms with Crippen molar-refractivity contribution in [1.82, 2.24) is 9.97 Å². The van der Waals surface area contributed by atoms with Gasteiger partial charge in [-0.25, -0.2) is 9.97 Å². The molecule has 128 valence electrons. The lowest BCUT2D eigenvalue weighted by Crippen LogP contribution is -2.03. The van der Waals surface area contributed by atoms with Crippen molar-refractivity contribution in [3.8, 4) is 0 Å². The van der Waals surface area contributed by atoms with Crippen LogP contribution in [0.1, 0.15) is 28.8 Å². The van der Waals surface area contributed by atoms with Crippen molar-refractivity contribution in [2.24, 2.45) is 0 Å². The number of thioether (sulfide) groups is 1. The molecule has 1 aromatic carbocycles. The van der Waals surface area contributed by atoms with Gasteiger partial charge in [-0.1, -0.05) is 0 Å². The molecule has 0 saturated heterocycles. The second kappa shape index (κ2) is 6.65. The van der Waals surface area contributed by atoms with Crippen LogP contribution in [-0.4, -0.2) is 22.4 Å². The highest BCUT2D eigenvalue weighted by Crippen LogP contribution is 2.40. The SMILES string of the molecule is CSc1cc(N)c(C=N)cc1Nc1ncnc2sc3c(c12)CCCC3. The summed E-state index contributed by atoms with van der Waals surface area (Å²) in [4.78, 5) is 12.6. The lowest BCUT2D eigenvalue weighted by Gasteiger charge is -2.15. The molecule has 0 amide bonds. The average molecular weight is 370 g/mol. The minimum Gasteiger partial charge on any atom is -0.398 e. The largest absolute Gasteiger partial charge is 0.398 e. The molecule has 0 unspecified atom stereocenters. The van der Waals surface area contributed by atoms with E-state index < -0.39 is 0 Å². The number of benzene rings is 1. The molecule has 0 aliphatic heterocycles. The summed E-state index contributed by atoms with van der Waals surface area (Å²) in [6.45, 7) is 0. The van der Waals surface area contributed by atoms with Gasteiger partial charge in [0.05, 0.1) is 11.1 Å².